The van der Waals surface area contributed by atoms with Crippen molar-refractivity contribution in [2.45, 2.75) is 13.8 Å². The number of benzene rings is 1. The lowest BCUT2D eigenvalue weighted by Crippen LogP contribution is -2.28. The summed E-state index contributed by atoms with van der Waals surface area (Å²) in [5, 5.41) is 4.56. The zero-order chi connectivity index (χ0) is 22.7. The summed E-state index contributed by atoms with van der Waals surface area (Å²) in [6.45, 7) is 8.51. The topological polar surface area (TPSA) is 210 Å². The summed E-state index contributed by atoms with van der Waals surface area (Å²) in [5.74, 6) is 0. The van der Waals surface area contributed by atoms with Crippen molar-refractivity contribution >= 4 is 37.9 Å². The molecular formula is C15H28N4O8P2. The molecule has 14 heteroatoms. The zero-order valence-corrected chi connectivity index (χ0v) is 17.9. The predicted molar refractivity (Wildman–Crippen MR) is 111 cm³/mol. The molecule has 1 aromatic heterocycles. The molecule has 29 heavy (non-hydrogen) atoms. The van der Waals surface area contributed by atoms with Gasteiger partial charge in [0, 0.05) is 36.0 Å². The van der Waals surface area contributed by atoms with Crippen molar-refractivity contribution in [2.75, 3.05) is 37.2 Å². The van der Waals surface area contributed by atoms with Gasteiger partial charge in [-0.25, -0.2) is 9.13 Å². The van der Waals surface area contributed by atoms with Gasteiger partial charge in [0.15, 0.2) is 0 Å². The number of fused-ring (bicyclic) bond motifs is 1. The molecule has 0 atom stereocenters. The first-order valence-corrected chi connectivity index (χ1v) is 11.5. The minimum Gasteiger partial charge on any atom is -0.399 e. The minimum absolute atomic E-state index is 0.771. The Bertz CT molecular complexity index is 802. The molecule has 0 saturated carbocycles. The van der Waals surface area contributed by atoms with Crippen LogP contribution in [0.1, 0.15) is 13.8 Å². The third-order valence-corrected chi connectivity index (χ3v) is 3.40. The largest absolute Gasteiger partial charge is 0.466 e. The Hall–Kier alpha value is -1.59. The number of hydrogen-bond acceptors (Lipinski definition) is 6. The lowest BCUT2D eigenvalue weighted by molar-refractivity contribution is 0.272. The van der Waals surface area contributed by atoms with Crippen LogP contribution in [0, 0.1) is 0 Å². The molecule has 2 aromatic rings. The number of anilines is 2. The summed E-state index contributed by atoms with van der Waals surface area (Å²) in [7, 11) is -9.28. The molecule has 0 bridgehead atoms. The maximum Gasteiger partial charge on any atom is 0.466 e. The maximum atomic E-state index is 8.88. The van der Waals surface area contributed by atoms with Gasteiger partial charge in [0.1, 0.15) is 0 Å². The molecule has 0 aliphatic carbocycles. The fourth-order valence-electron chi connectivity index (χ4n) is 2.21. The average Bonchev–Trinajstić information content (AvgIpc) is 2.56. The van der Waals surface area contributed by atoms with E-state index >= 15 is 0 Å². The van der Waals surface area contributed by atoms with E-state index in [1.807, 2.05) is 30.5 Å². The summed E-state index contributed by atoms with van der Waals surface area (Å²) in [4.78, 5) is 49.9. The lowest BCUT2D eigenvalue weighted by Gasteiger charge is -2.18. The molecular weight excluding hydrogens is 426 g/mol. The highest BCUT2D eigenvalue weighted by molar-refractivity contribution is 7.45. The highest BCUT2D eigenvalue weighted by atomic mass is 31.2. The van der Waals surface area contributed by atoms with Crippen molar-refractivity contribution in [3.63, 3.8) is 0 Å². The van der Waals surface area contributed by atoms with E-state index in [2.05, 4.69) is 29.0 Å². The Morgan fingerprint density at radius 1 is 1.00 bits per heavy atom. The van der Waals surface area contributed by atoms with Gasteiger partial charge in [0.25, 0.3) is 0 Å². The highest BCUT2D eigenvalue weighted by Gasteiger charge is 2.03. The number of hydrogen-bond donors (Lipinski definition) is 8. The number of nitrogens with two attached hydrogens (primary N) is 1. The van der Waals surface area contributed by atoms with Crippen LogP contribution in [0.25, 0.3) is 10.9 Å². The first-order valence-electron chi connectivity index (χ1n) is 8.41. The van der Waals surface area contributed by atoms with E-state index in [-0.39, 0.29) is 0 Å². The lowest BCUT2D eigenvalue weighted by atomic mass is 10.1. The standard InChI is InChI=1S/C15H22N4.2H3O4P/c1-3-19(4-2)10-9-18-15-7-8-17-14-6-5-12(16)11-13(14)15;2*1-5(2,3)4/h5-8,11H,3-4,9-10,16H2,1-2H3,(H,17,18);2*(H3,1,2,3,4). The Balaban J connectivity index is 0.000000653. The number of nitrogen functional groups attached to an aromatic ring is 1. The van der Waals surface area contributed by atoms with Gasteiger partial charge in [0.2, 0.25) is 0 Å². The third kappa shape index (κ3) is 16.0. The summed E-state index contributed by atoms with van der Waals surface area (Å²) < 4.78 is 17.8. The average molecular weight is 454 g/mol. The molecule has 166 valence electrons. The minimum atomic E-state index is -4.64. The molecule has 9 N–H and O–H groups in total. The van der Waals surface area contributed by atoms with Gasteiger partial charge in [0.05, 0.1) is 5.52 Å². The molecule has 0 fully saturated rings. The van der Waals surface area contributed by atoms with Gasteiger partial charge in [-0.05, 0) is 37.4 Å². The molecule has 0 amide bonds. The van der Waals surface area contributed by atoms with E-state index < -0.39 is 15.6 Å². The second-order valence-corrected chi connectivity index (χ2v) is 7.67. The number of rotatable bonds is 6. The van der Waals surface area contributed by atoms with Crippen molar-refractivity contribution < 1.29 is 38.5 Å². The van der Waals surface area contributed by atoms with Crippen LogP contribution < -0.4 is 11.1 Å². The number of nitrogens with zero attached hydrogens (tertiary/aromatic N) is 2. The van der Waals surface area contributed by atoms with Gasteiger partial charge < -0.3 is 45.3 Å². The second-order valence-electron chi connectivity index (χ2n) is 5.62. The molecule has 2 rings (SSSR count). The Labute approximate surface area is 168 Å². The molecule has 0 aliphatic rings. The third-order valence-electron chi connectivity index (χ3n) is 3.40. The fourth-order valence-corrected chi connectivity index (χ4v) is 2.21. The molecule has 0 spiro atoms. The molecule has 1 heterocycles. The van der Waals surface area contributed by atoms with Gasteiger partial charge >= 0.3 is 15.6 Å². The molecule has 0 radical (unpaired) electrons. The van der Waals surface area contributed by atoms with Crippen LogP contribution >= 0.6 is 15.6 Å². The van der Waals surface area contributed by atoms with Gasteiger partial charge in [-0.2, -0.15) is 0 Å². The van der Waals surface area contributed by atoms with E-state index in [0.717, 1.165) is 48.5 Å². The van der Waals surface area contributed by atoms with E-state index in [1.54, 1.807) is 0 Å². The first-order chi connectivity index (χ1) is 13.2. The van der Waals surface area contributed by atoms with Crippen molar-refractivity contribution in [3.8, 4) is 0 Å². The molecule has 1 aromatic carbocycles. The Morgan fingerprint density at radius 3 is 2.00 bits per heavy atom. The van der Waals surface area contributed by atoms with Crippen LogP contribution in [-0.4, -0.2) is 65.4 Å². The van der Waals surface area contributed by atoms with E-state index in [1.165, 1.54) is 0 Å². The van der Waals surface area contributed by atoms with E-state index in [4.69, 9.17) is 44.2 Å². The maximum absolute atomic E-state index is 8.88. The molecule has 12 nitrogen and oxygen atoms in total. The number of nitrogens with one attached hydrogen (secondary N) is 1. The van der Waals surface area contributed by atoms with Gasteiger partial charge in [-0.3, -0.25) is 4.98 Å². The van der Waals surface area contributed by atoms with Gasteiger partial charge in [-0.1, -0.05) is 13.8 Å². The van der Waals surface area contributed by atoms with Crippen LogP contribution in [0.15, 0.2) is 30.5 Å². The first kappa shape index (κ1) is 27.4. The highest BCUT2D eigenvalue weighted by Crippen LogP contribution is 2.26. The monoisotopic (exact) mass is 454 g/mol. The van der Waals surface area contributed by atoms with Crippen LogP contribution in [0.5, 0.6) is 0 Å². The van der Waals surface area contributed by atoms with Crippen LogP contribution in [0.2, 0.25) is 0 Å². The summed E-state index contributed by atoms with van der Waals surface area (Å²) in [6.07, 6.45) is 1.83. The number of aromatic nitrogens is 1. The number of phosphoric acid groups is 2. The number of likely N-dealkylation sites (N-methyl/N-ethyl adjacent to an activating group) is 1. The van der Waals surface area contributed by atoms with Crippen molar-refractivity contribution in [1.29, 1.82) is 0 Å². The van der Waals surface area contributed by atoms with Crippen LogP contribution in [0.3, 0.4) is 0 Å². The second kappa shape index (κ2) is 12.9. The van der Waals surface area contributed by atoms with Crippen molar-refractivity contribution in [1.82, 2.24) is 9.88 Å². The van der Waals surface area contributed by atoms with E-state index in [9.17, 15) is 0 Å². The smallest absolute Gasteiger partial charge is 0.399 e. The molecule has 0 unspecified atom stereocenters. The van der Waals surface area contributed by atoms with Crippen molar-refractivity contribution in [2.24, 2.45) is 0 Å². The molecule has 0 saturated heterocycles. The summed E-state index contributed by atoms with van der Waals surface area (Å²) >= 11 is 0. The zero-order valence-electron chi connectivity index (χ0n) is 16.1. The SMILES string of the molecule is CCN(CC)CCNc1ccnc2ccc(N)cc12.O=P(O)(O)O.O=P(O)(O)O. The summed E-state index contributed by atoms with van der Waals surface area (Å²) in [6, 6.07) is 7.82. The number of pyridine rings is 1. The Kier molecular flexibility index (Phi) is 12.2. The summed E-state index contributed by atoms with van der Waals surface area (Å²) in [5.41, 5.74) is 8.70. The Morgan fingerprint density at radius 2 is 1.52 bits per heavy atom. The van der Waals surface area contributed by atoms with Crippen LogP contribution in [0.4, 0.5) is 11.4 Å². The molecule has 0 aliphatic heterocycles. The van der Waals surface area contributed by atoms with Gasteiger partial charge in [-0.15, -0.1) is 0 Å². The fraction of sp³-hybridized carbons (Fsp3) is 0.400. The van der Waals surface area contributed by atoms with E-state index in [0.29, 0.717) is 0 Å². The van der Waals surface area contributed by atoms with Crippen LogP contribution in [-0.2, 0) is 9.13 Å². The van der Waals surface area contributed by atoms with Crippen molar-refractivity contribution in [3.05, 3.63) is 30.5 Å². The normalized spacial score (nSPS) is 11.3. The quantitative estimate of drug-likeness (QED) is 0.224. The predicted octanol–water partition coefficient (Wildman–Crippen LogP) is 0.713.